The van der Waals surface area contributed by atoms with Crippen LogP contribution in [0.25, 0.3) is 0 Å². The number of nitrogens with zero attached hydrogens (tertiary/aromatic N) is 1. The summed E-state index contributed by atoms with van der Waals surface area (Å²) in [7, 11) is 0. The number of aromatic nitrogens is 2. The molecule has 0 saturated heterocycles. The first kappa shape index (κ1) is 71.8. The number of amides is 12. The fourth-order valence-electron chi connectivity index (χ4n) is 7.77. The molecular weight excluding hydrogens is 1120 g/mol. The standard InChI is InChI=1S/C52H79N15O18/c1-23(2)15-33(62-44(76)27(7)60-51(83)42(28(8)68)66-38(71)19-53)49(81)67-41(24(3)4)50(82)56-21-39(72)61-32(13-14-37(54)70)46(78)58-25(5)43(75)63-34(16-29-9-11-31(69)12-10-29)48(80)64-35(17-30-20-55-22-57-30)47(79)59-26(6)45(77)65-36(52(84)85)18-40(73)74/h9-12,20,22-28,32-36,41-42,68-69H,13-19,21,53H2,1-8H3,(H2,54,70)(H,55,57)(H,56,82)(H,58,78)(H,59,79)(H,60,83)(H,61,72)(H,62,76)(H,63,75)(H,64,80)(H,65,77)(H,66,71)(H,67,81)(H,73,74)(H,84,85)/t25-,26-,27-,28+,32-,33-,34-,35-,36-,41-,42-/m0/s1. The summed E-state index contributed by atoms with van der Waals surface area (Å²) >= 11 is 0. The Morgan fingerprint density at radius 3 is 1.53 bits per heavy atom. The minimum atomic E-state index is -1.85. The molecular formula is C52H79N15O18. The number of rotatable bonds is 36. The summed E-state index contributed by atoms with van der Waals surface area (Å²) in [6.07, 6.45) is -1.14. The number of carboxylic acids is 2. The van der Waals surface area contributed by atoms with Crippen LogP contribution in [0.2, 0.25) is 0 Å². The highest BCUT2D eigenvalue weighted by Crippen LogP contribution is 2.14. The van der Waals surface area contributed by atoms with E-state index in [1.807, 2.05) is 5.32 Å². The molecule has 33 heteroatoms. The number of carbonyl (C=O) groups excluding carboxylic acids is 12. The van der Waals surface area contributed by atoms with Crippen molar-refractivity contribution in [2.75, 3.05) is 13.1 Å². The lowest BCUT2D eigenvalue weighted by Crippen LogP contribution is -2.60. The molecule has 0 fully saturated rings. The van der Waals surface area contributed by atoms with Crippen LogP contribution in [0, 0.1) is 11.8 Å². The van der Waals surface area contributed by atoms with Crippen molar-refractivity contribution in [1.29, 1.82) is 0 Å². The molecule has 20 N–H and O–H groups in total. The molecule has 0 aliphatic carbocycles. The third-order valence-electron chi connectivity index (χ3n) is 12.5. The van der Waals surface area contributed by atoms with Gasteiger partial charge in [0.2, 0.25) is 70.9 Å². The molecule has 2 aromatic rings. The number of imidazole rings is 1. The molecule has 1 aromatic carbocycles. The van der Waals surface area contributed by atoms with E-state index < -0.39 is 188 Å². The Bertz CT molecular complexity index is 2690. The van der Waals surface area contributed by atoms with E-state index in [0.29, 0.717) is 11.3 Å². The predicted molar refractivity (Wildman–Crippen MR) is 297 cm³/mol. The van der Waals surface area contributed by atoms with E-state index in [1.54, 1.807) is 27.7 Å². The number of nitrogens with two attached hydrogens (primary N) is 2. The minimum absolute atomic E-state index is 0.0557. The monoisotopic (exact) mass is 1200 g/mol. The lowest BCUT2D eigenvalue weighted by molar-refractivity contribution is -0.147. The number of aliphatic hydroxyl groups excluding tert-OH is 1. The number of aromatic amines is 1. The number of benzene rings is 1. The number of aromatic hydroxyl groups is 1. The molecule has 1 heterocycles. The number of nitrogens with one attached hydrogen (secondary N) is 12. The van der Waals surface area contributed by atoms with Gasteiger partial charge in [-0.15, -0.1) is 0 Å². The van der Waals surface area contributed by atoms with E-state index in [4.69, 9.17) is 16.6 Å². The quantitative estimate of drug-likeness (QED) is 0.0302. The van der Waals surface area contributed by atoms with Crippen LogP contribution in [-0.4, -0.2) is 193 Å². The van der Waals surface area contributed by atoms with Crippen molar-refractivity contribution in [3.05, 3.63) is 48.0 Å². The maximum atomic E-state index is 14.2. The maximum absolute atomic E-state index is 14.2. The number of carboxylic acid groups (broad SMARTS) is 2. The average molecular weight is 1200 g/mol. The van der Waals surface area contributed by atoms with Crippen molar-refractivity contribution < 1.29 is 87.5 Å². The highest BCUT2D eigenvalue weighted by atomic mass is 16.4. The number of hydrogen-bond donors (Lipinski definition) is 18. The van der Waals surface area contributed by atoms with Gasteiger partial charge in [-0.3, -0.25) is 62.3 Å². The number of aliphatic hydroxyl groups is 1. The Morgan fingerprint density at radius 1 is 0.553 bits per heavy atom. The molecule has 12 amide bonds. The summed E-state index contributed by atoms with van der Waals surface area (Å²) in [5.74, 6) is -15.3. The Hall–Kier alpha value is -9.27. The predicted octanol–water partition coefficient (Wildman–Crippen LogP) is -6.21. The van der Waals surface area contributed by atoms with Crippen LogP contribution >= 0.6 is 0 Å². The zero-order chi connectivity index (χ0) is 64.4. The first-order chi connectivity index (χ1) is 39.7. The molecule has 0 saturated carbocycles. The summed E-state index contributed by atoms with van der Waals surface area (Å²) < 4.78 is 0. The van der Waals surface area contributed by atoms with Gasteiger partial charge < -0.3 is 95.4 Å². The van der Waals surface area contributed by atoms with E-state index >= 15 is 0 Å². The first-order valence-corrected chi connectivity index (χ1v) is 26.9. The van der Waals surface area contributed by atoms with Crippen molar-refractivity contribution in [2.24, 2.45) is 23.3 Å². The number of primary amides is 1. The topological polar surface area (TPSA) is 533 Å². The van der Waals surface area contributed by atoms with Gasteiger partial charge >= 0.3 is 11.9 Å². The van der Waals surface area contributed by atoms with Crippen LogP contribution in [0.1, 0.15) is 92.3 Å². The van der Waals surface area contributed by atoms with Crippen LogP contribution in [0.15, 0.2) is 36.8 Å². The summed E-state index contributed by atoms with van der Waals surface area (Å²) in [6, 6.07) is -9.36. The smallest absolute Gasteiger partial charge is 0.326 e. The van der Waals surface area contributed by atoms with Crippen molar-refractivity contribution >= 4 is 82.8 Å². The molecule has 0 unspecified atom stereocenters. The molecule has 1 aromatic heterocycles. The molecule has 0 spiro atoms. The van der Waals surface area contributed by atoms with Crippen molar-refractivity contribution in [3.63, 3.8) is 0 Å². The summed E-state index contributed by atoms with van der Waals surface area (Å²) in [5, 5.41) is 64.6. The van der Waals surface area contributed by atoms with Crippen molar-refractivity contribution in [3.8, 4) is 5.75 Å². The average Bonchev–Trinajstić information content (AvgIpc) is 4.04. The SMILES string of the molecule is CC(C)C[C@H](NC(=O)[C@H](C)NC(=O)[C@@H](NC(=O)CN)[C@@H](C)O)C(=O)N[C@H](C(=O)NCC(=O)N[C@@H](CCC(N)=O)C(=O)N[C@@H](C)C(=O)N[C@@H](Cc1ccc(O)cc1)C(=O)N[C@@H](Cc1cnc[nH]1)C(=O)N[C@@H](C)C(=O)N[C@@H](CC(=O)O)C(=O)O)C(C)C. The Labute approximate surface area is 488 Å². The third kappa shape index (κ3) is 25.8. The number of phenolic OH excluding ortho intramolecular Hbond substituents is 1. The fourth-order valence-corrected chi connectivity index (χ4v) is 7.77. The van der Waals surface area contributed by atoms with E-state index in [1.165, 1.54) is 64.5 Å². The number of carbonyl (C=O) groups is 14. The molecule has 2 rings (SSSR count). The summed E-state index contributed by atoms with van der Waals surface area (Å²) in [5.41, 5.74) is 11.3. The molecule has 0 radical (unpaired) electrons. The van der Waals surface area contributed by atoms with E-state index in [-0.39, 0.29) is 30.9 Å². The van der Waals surface area contributed by atoms with Crippen LogP contribution in [0.5, 0.6) is 5.75 Å². The van der Waals surface area contributed by atoms with Gasteiger partial charge in [0, 0.05) is 31.2 Å². The summed E-state index contributed by atoms with van der Waals surface area (Å²) in [6.45, 7) is 10.3. The summed E-state index contributed by atoms with van der Waals surface area (Å²) in [4.78, 5) is 188. The molecule has 11 atom stereocenters. The Balaban J connectivity index is 2.26. The van der Waals surface area contributed by atoms with Crippen LogP contribution in [0.3, 0.4) is 0 Å². The van der Waals surface area contributed by atoms with Crippen molar-refractivity contribution in [1.82, 2.24) is 68.5 Å². The molecule has 470 valence electrons. The fraction of sp³-hybridized carbons (Fsp3) is 0.558. The minimum Gasteiger partial charge on any atom is -0.508 e. The number of phenols is 1. The first-order valence-electron chi connectivity index (χ1n) is 26.9. The largest absolute Gasteiger partial charge is 0.508 e. The number of aliphatic carboxylic acids is 2. The lowest BCUT2D eigenvalue weighted by atomic mass is 9.99. The second kappa shape index (κ2) is 35.0. The normalized spacial score (nSPS) is 14.9. The number of H-pyrrole nitrogens is 1. The third-order valence-corrected chi connectivity index (χ3v) is 12.5. The number of hydrogen-bond acceptors (Lipinski definition) is 18. The molecule has 33 nitrogen and oxygen atoms in total. The van der Waals surface area contributed by atoms with Gasteiger partial charge in [-0.05, 0) is 70.1 Å². The van der Waals surface area contributed by atoms with E-state index in [9.17, 15) is 82.4 Å². The van der Waals surface area contributed by atoms with Gasteiger partial charge in [0.25, 0.3) is 0 Å². The molecule has 85 heavy (non-hydrogen) atoms. The van der Waals surface area contributed by atoms with Gasteiger partial charge in [0.05, 0.1) is 31.9 Å². The highest BCUT2D eigenvalue weighted by molar-refractivity contribution is 5.99. The van der Waals surface area contributed by atoms with E-state index in [2.05, 4.69) is 63.1 Å². The second-order valence-corrected chi connectivity index (χ2v) is 20.7. The van der Waals surface area contributed by atoms with Crippen LogP contribution in [-0.2, 0) is 80.0 Å². The van der Waals surface area contributed by atoms with E-state index in [0.717, 1.165) is 0 Å². The highest BCUT2D eigenvalue weighted by Gasteiger charge is 2.35. The van der Waals surface area contributed by atoms with Gasteiger partial charge in [0.15, 0.2) is 0 Å². The van der Waals surface area contributed by atoms with Crippen molar-refractivity contribution in [2.45, 2.75) is 160 Å². The Morgan fingerprint density at radius 2 is 1.05 bits per heavy atom. The lowest BCUT2D eigenvalue weighted by Gasteiger charge is -2.27. The molecule has 0 bridgehead atoms. The van der Waals surface area contributed by atoms with Crippen LogP contribution in [0.4, 0.5) is 0 Å². The van der Waals surface area contributed by atoms with Gasteiger partial charge in [0.1, 0.15) is 66.2 Å². The second-order valence-electron chi connectivity index (χ2n) is 20.7. The zero-order valence-electron chi connectivity index (χ0n) is 48.2. The van der Waals surface area contributed by atoms with Gasteiger partial charge in [-0.25, -0.2) is 9.78 Å². The van der Waals surface area contributed by atoms with Crippen LogP contribution < -0.4 is 70.0 Å². The Kier molecular flexibility index (Phi) is 29.6. The molecule has 0 aliphatic heterocycles. The van der Waals surface area contributed by atoms with Gasteiger partial charge in [-0.2, -0.15) is 0 Å². The van der Waals surface area contributed by atoms with Gasteiger partial charge in [-0.1, -0.05) is 39.8 Å². The maximum Gasteiger partial charge on any atom is 0.326 e. The zero-order valence-corrected chi connectivity index (χ0v) is 48.2. The molecule has 0 aliphatic rings.